The molecule has 2 aromatic heterocycles. The number of rotatable bonds is 3. The third kappa shape index (κ3) is 4.07. The van der Waals surface area contributed by atoms with Crippen molar-refractivity contribution in [2.75, 3.05) is 0 Å². The van der Waals surface area contributed by atoms with E-state index in [1.54, 1.807) is 0 Å². The zero-order valence-corrected chi connectivity index (χ0v) is 20.7. The number of benzene rings is 2. The molecule has 3 heteroatoms. The van der Waals surface area contributed by atoms with Crippen molar-refractivity contribution in [3.63, 3.8) is 0 Å². The van der Waals surface area contributed by atoms with Crippen LogP contribution >= 0.6 is 0 Å². The summed E-state index contributed by atoms with van der Waals surface area (Å²) in [4.78, 5) is 0. The second-order valence-corrected chi connectivity index (χ2v) is 10.7. The highest BCUT2D eigenvalue weighted by Crippen LogP contribution is 2.40. The second kappa shape index (κ2) is 8.32. The largest absolute Gasteiger partial charge is 0.654 e. The first-order valence-electron chi connectivity index (χ1n) is 12.0. The molecule has 3 heterocycles. The number of pyridine rings is 1. The maximum absolute atomic E-state index is 5.76. The van der Waals surface area contributed by atoms with Gasteiger partial charge in [0.25, 0.3) is 0 Å². The number of hydrogen-bond donors (Lipinski definition) is 0. The van der Waals surface area contributed by atoms with Gasteiger partial charge < -0.3 is 9.73 Å². The van der Waals surface area contributed by atoms with Crippen LogP contribution in [-0.2, 0) is 11.8 Å². The summed E-state index contributed by atoms with van der Waals surface area (Å²) in [7, 11) is 0. The number of aromatic nitrogens is 1. The highest BCUT2D eigenvalue weighted by atomic mass is 16.3. The van der Waals surface area contributed by atoms with Crippen LogP contribution < -0.4 is 9.46 Å². The smallest absolute Gasteiger partial charge is 0.217 e. The van der Waals surface area contributed by atoms with Crippen LogP contribution in [0.5, 0.6) is 0 Å². The van der Waals surface area contributed by atoms with E-state index in [-0.39, 0.29) is 5.41 Å². The van der Waals surface area contributed by atoms with E-state index < -0.39 is 0 Å². The molecular formula is C31H32N2O. The van der Waals surface area contributed by atoms with Gasteiger partial charge in [0, 0.05) is 17.7 Å². The van der Waals surface area contributed by atoms with E-state index >= 15 is 0 Å². The van der Waals surface area contributed by atoms with E-state index in [0.717, 1.165) is 40.0 Å². The molecule has 4 aromatic rings. The molecule has 0 aliphatic carbocycles. The van der Waals surface area contributed by atoms with Crippen molar-refractivity contribution >= 4 is 28.2 Å². The van der Waals surface area contributed by atoms with Gasteiger partial charge >= 0.3 is 0 Å². The van der Waals surface area contributed by atoms with E-state index in [4.69, 9.17) is 9.73 Å². The number of fused-ring (bicyclic) bond motifs is 2. The Labute approximate surface area is 201 Å². The molecule has 0 saturated carbocycles. The highest BCUT2D eigenvalue weighted by molar-refractivity contribution is 5.92. The lowest BCUT2D eigenvalue weighted by atomic mass is 9.82. The monoisotopic (exact) mass is 448 g/mol. The fourth-order valence-electron chi connectivity index (χ4n) is 4.72. The molecule has 0 atom stereocenters. The van der Waals surface area contributed by atoms with Gasteiger partial charge in [-0.25, -0.2) is 0 Å². The van der Waals surface area contributed by atoms with Gasteiger partial charge in [0.1, 0.15) is 12.5 Å². The maximum Gasteiger partial charge on any atom is 0.217 e. The number of nitrogens with zero attached hydrogens (tertiary/aromatic N) is 2. The average Bonchev–Trinajstić information content (AvgIpc) is 3.19. The average molecular weight is 449 g/mol. The molecule has 1 aliphatic heterocycles. The Balaban J connectivity index is 1.66. The van der Waals surface area contributed by atoms with Crippen LogP contribution in [0.3, 0.4) is 0 Å². The molecule has 0 saturated heterocycles. The number of hydrogen-bond acceptors (Lipinski definition) is 1. The molecule has 2 aromatic carbocycles. The van der Waals surface area contributed by atoms with Crippen LogP contribution in [0.4, 0.5) is 5.69 Å². The van der Waals surface area contributed by atoms with Crippen molar-refractivity contribution in [2.24, 2.45) is 5.92 Å². The molecule has 5 rings (SSSR count). The Morgan fingerprint density at radius 2 is 1.82 bits per heavy atom. The molecule has 172 valence electrons. The minimum Gasteiger partial charge on any atom is -0.654 e. The van der Waals surface area contributed by atoms with Gasteiger partial charge in [-0.05, 0) is 63.1 Å². The predicted octanol–water partition coefficient (Wildman–Crippen LogP) is 7.36. The van der Waals surface area contributed by atoms with Crippen molar-refractivity contribution in [1.82, 2.24) is 0 Å². The summed E-state index contributed by atoms with van der Waals surface area (Å²) in [5, 5.41) is 8.62. The standard InChI is InChI=1S/C31H32N2O/c1-20(2)15-24-19-34-29-12-11-27(32-30(24)29)22-13-14-33(6)28(18-22)23-16-21-9-7-8-10-25(21)26(17-23)31(3,4)5/h7-14,16-20H,6,15H2,1-5H3. The maximum atomic E-state index is 5.76. The van der Waals surface area contributed by atoms with Gasteiger partial charge in [0.15, 0.2) is 6.20 Å². The van der Waals surface area contributed by atoms with Crippen molar-refractivity contribution < 1.29 is 8.66 Å². The Kier molecular flexibility index (Phi) is 5.44. The van der Waals surface area contributed by atoms with Gasteiger partial charge in [0.2, 0.25) is 5.69 Å². The van der Waals surface area contributed by atoms with E-state index in [0.29, 0.717) is 5.92 Å². The van der Waals surface area contributed by atoms with Crippen LogP contribution in [0.15, 0.2) is 71.5 Å². The van der Waals surface area contributed by atoms with Crippen molar-refractivity contribution in [2.45, 2.75) is 46.5 Å². The fourth-order valence-corrected chi connectivity index (χ4v) is 4.72. The lowest BCUT2D eigenvalue weighted by Crippen LogP contribution is -2.22. The molecule has 0 amide bonds. The van der Waals surface area contributed by atoms with E-state index in [2.05, 4.69) is 89.9 Å². The van der Waals surface area contributed by atoms with E-state index in [1.165, 1.54) is 21.9 Å². The molecule has 0 radical (unpaired) electrons. The summed E-state index contributed by atoms with van der Waals surface area (Å²) in [5.41, 5.74) is 6.65. The minimum atomic E-state index is 0.0277. The molecule has 0 N–H and O–H groups in total. The summed E-state index contributed by atoms with van der Waals surface area (Å²) in [6.45, 7) is 15.5. The van der Waals surface area contributed by atoms with Gasteiger partial charge in [0.05, 0.1) is 6.26 Å². The topological polar surface area (TPSA) is 33.1 Å². The number of furan rings is 1. The van der Waals surface area contributed by atoms with Crippen LogP contribution in [0.2, 0.25) is 0 Å². The first kappa shape index (κ1) is 22.2. The summed E-state index contributed by atoms with van der Waals surface area (Å²) >= 11 is 0. The van der Waals surface area contributed by atoms with Crippen LogP contribution in [0.1, 0.15) is 51.5 Å². The molecule has 0 bridgehead atoms. The van der Waals surface area contributed by atoms with Gasteiger partial charge in [-0.15, -0.1) is 5.70 Å². The van der Waals surface area contributed by atoms with E-state index in [1.807, 2.05) is 28.9 Å². The summed E-state index contributed by atoms with van der Waals surface area (Å²) in [6.07, 6.45) is 8.89. The first-order valence-corrected chi connectivity index (χ1v) is 12.0. The van der Waals surface area contributed by atoms with Crippen molar-refractivity contribution in [1.29, 1.82) is 0 Å². The third-order valence-corrected chi connectivity index (χ3v) is 6.42. The summed E-state index contributed by atoms with van der Waals surface area (Å²) in [6, 6.07) is 17.5. The molecule has 0 unspecified atom stereocenters. The quantitative estimate of drug-likeness (QED) is 0.301. The Hall–Kier alpha value is -3.59. The zero-order valence-electron chi connectivity index (χ0n) is 20.7. The summed E-state index contributed by atoms with van der Waals surface area (Å²) in [5.74, 6) is 1.39. The summed E-state index contributed by atoms with van der Waals surface area (Å²) < 4.78 is 7.71. The van der Waals surface area contributed by atoms with Crippen molar-refractivity contribution in [3.8, 4) is 11.3 Å². The Morgan fingerprint density at radius 3 is 2.59 bits per heavy atom. The third-order valence-electron chi connectivity index (χ3n) is 6.42. The molecule has 1 aliphatic rings. The molecule has 3 nitrogen and oxygen atoms in total. The first-order chi connectivity index (χ1) is 16.2. The molecule has 0 spiro atoms. The van der Waals surface area contributed by atoms with E-state index in [9.17, 15) is 0 Å². The minimum absolute atomic E-state index is 0.0277. The van der Waals surface area contributed by atoms with Gasteiger partial charge in [-0.3, -0.25) is 0 Å². The van der Waals surface area contributed by atoms with Crippen LogP contribution in [0.25, 0.3) is 39.1 Å². The lowest BCUT2D eigenvalue weighted by Gasteiger charge is -2.28. The SMILES string of the molecule is C=[n+]1ccc(=C2C=Cc3occ(CC(C)C)c3[N-]2)cc1-c1cc(C(C)(C)C)c2ccccc2c1. The van der Waals surface area contributed by atoms with Gasteiger partial charge in [-0.2, -0.15) is 4.24 Å². The zero-order chi connectivity index (χ0) is 24.0. The van der Waals surface area contributed by atoms with Gasteiger partial charge in [-0.1, -0.05) is 70.6 Å². The lowest BCUT2D eigenvalue weighted by molar-refractivity contribution is -0.486. The van der Waals surface area contributed by atoms with Crippen LogP contribution in [0, 0.1) is 12.6 Å². The normalized spacial score (nSPS) is 15.0. The molecular weight excluding hydrogens is 416 g/mol. The van der Waals surface area contributed by atoms with Crippen molar-refractivity contribution in [3.05, 3.63) is 101 Å². The Bertz CT molecular complexity index is 1530. The molecule has 34 heavy (non-hydrogen) atoms. The fraction of sp³-hybridized carbons (Fsp3) is 0.258. The molecule has 0 fully saturated rings. The Morgan fingerprint density at radius 1 is 1.03 bits per heavy atom. The van der Waals surface area contributed by atoms with Crippen LogP contribution in [-0.4, -0.2) is 0 Å². The second-order valence-electron chi connectivity index (χ2n) is 10.7. The predicted molar refractivity (Wildman–Crippen MR) is 141 cm³/mol. The highest BCUT2D eigenvalue weighted by Gasteiger charge is 2.20.